The first-order valence-corrected chi connectivity index (χ1v) is 7.18. The second-order valence-corrected chi connectivity index (χ2v) is 5.09. The summed E-state index contributed by atoms with van der Waals surface area (Å²) in [4.78, 5) is 14.0. The van der Waals surface area contributed by atoms with E-state index in [2.05, 4.69) is 5.32 Å². The molecule has 1 aromatic carbocycles. The average molecular weight is 302 g/mol. The van der Waals surface area contributed by atoms with E-state index in [1.807, 2.05) is 36.4 Å². The molecule has 1 aliphatic rings. The van der Waals surface area contributed by atoms with E-state index in [4.69, 9.17) is 9.15 Å². The third kappa shape index (κ3) is 3.13. The number of furan rings is 1. The SMILES string of the molecule is O=C(Nc1cccc(-c2ccco2)c1)N1CCOC[C@@H]1CO. The Hall–Kier alpha value is -2.31. The van der Waals surface area contributed by atoms with Crippen LogP contribution in [-0.2, 0) is 4.74 Å². The molecule has 2 heterocycles. The number of carbonyl (C=O) groups excluding carboxylic acids is 1. The molecule has 3 rings (SSSR count). The zero-order chi connectivity index (χ0) is 15.4. The molecule has 1 atom stereocenters. The minimum atomic E-state index is -0.304. The molecule has 0 saturated carbocycles. The monoisotopic (exact) mass is 302 g/mol. The van der Waals surface area contributed by atoms with Crippen LogP contribution in [0.2, 0.25) is 0 Å². The normalized spacial score (nSPS) is 18.2. The Labute approximate surface area is 128 Å². The Morgan fingerprint density at radius 2 is 2.27 bits per heavy atom. The molecule has 1 aromatic heterocycles. The Morgan fingerprint density at radius 3 is 3.05 bits per heavy atom. The number of ether oxygens (including phenoxy) is 1. The molecule has 2 aromatic rings. The van der Waals surface area contributed by atoms with Crippen molar-refractivity contribution in [2.75, 3.05) is 31.7 Å². The van der Waals surface area contributed by atoms with Gasteiger partial charge >= 0.3 is 6.03 Å². The van der Waals surface area contributed by atoms with Crippen LogP contribution in [0.25, 0.3) is 11.3 Å². The highest BCUT2D eigenvalue weighted by atomic mass is 16.5. The van der Waals surface area contributed by atoms with Crippen LogP contribution >= 0.6 is 0 Å². The van der Waals surface area contributed by atoms with E-state index in [0.717, 1.165) is 11.3 Å². The summed E-state index contributed by atoms with van der Waals surface area (Å²) in [5, 5.41) is 12.2. The van der Waals surface area contributed by atoms with Gasteiger partial charge in [-0.1, -0.05) is 12.1 Å². The molecule has 2 N–H and O–H groups in total. The van der Waals surface area contributed by atoms with Crippen molar-refractivity contribution < 1.29 is 19.1 Å². The number of nitrogens with zero attached hydrogens (tertiary/aromatic N) is 1. The van der Waals surface area contributed by atoms with Gasteiger partial charge in [0.25, 0.3) is 0 Å². The lowest BCUT2D eigenvalue weighted by molar-refractivity contribution is -0.00485. The molecule has 0 spiro atoms. The standard InChI is InChI=1S/C16H18N2O4/c19-10-14-11-21-8-6-18(14)16(20)17-13-4-1-3-12(9-13)15-5-2-7-22-15/h1-5,7,9,14,19H,6,8,10-11H2,(H,17,20)/t14-/m0/s1. The molecule has 0 aliphatic carbocycles. The third-order valence-corrected chi connectivity index (χ3v) is 3.62. The van der Waals surface area contributed by atoms with Crippen molar-refractivity contribution in [2.45, 2.75) is 6.04 Å². The summed E-state index contributed by atoms with van der Waals surface area (Å²) in [5.74, 6) is 0.746. The maximum Gasteiger partial charge on any atom is 0.322 e. The Morgan fingerprint density at radius 1 is 1.36 bits per heavy atom. The minimum absolute atomic E-state index is 0.111. The van der Waals surface area contributed by atoms with Crippen molar-refractivity contribution >= 4 is 11.7 Å². The van der Waals surface area contributed by atoms with Crippen molar-refractivity contribution in [3.63, 3.8) is 0 Å². The second kappa shape index (κ2) is 6.64. The Kier molecular flexibility index (Phi) is 4.41. The summed E-state index contributed by atoms with van der Waals surface area (Å²) in [6.07, 6.45) is 1.61. The van der Waals surface area contributed by atoms with Crippen LogP contribution in [0.4, 0.5) is 10.5 Å². The molecule has 0 bridgehead atoms. The number of morpholine rings is 1. The largest absolute Gasteiger partial charge is 0.464 e. The van der Waals surface area contributed by atoms with Crippen molar-refractivity contribution in [3.8, 4) is 11.3 Å². The van der Waals surface area contributed by atoms with Gasteiger partial charge < -0.3 is 24.5 Å². The van der Waals surface area contributed by atoms with Crippen LogP contribution in [0.5, 0.6) is 0 Å². The van der Waals surface area contributed by atoms with E-state index in [1.54, 1.807) is 11.2 Å². The van der Waals surface area contributed by atoms with E-state index >= 15 is 0 Å². The number of urea groups is 1. The molecule has 116 valence electrons. The van der Waals surface area contributed by atoms with Gasteiger partial charge in [0.2, 0.25) is 0 Å². The maximum absolute atomic E-state index is 12.4. The summed E-state index contributed by atoms with van der Waals surface area (Å²) < 4.78 is 10.6. The molecule has 6 nitrogen and oxygen atoms in total. The van der Waals surface area contributed by atoms with E-state index < -0.39 is 0 Å². The number of nitrogens with one attached hydrogen (secondary N) is 1. The highest BCUT2D eigenvalue weighted by molar-refractivity contribution is 5.90. The molecular formula is C16H18N2O4. The smallest absolute Gasteiger partial charge is 0.322 e. The summed E-state index contributed by atoms with van der Waals surface area (Å²) in [7, 11) is 0. The van der Waals surface area contributed by atoms with Crippen LogP contribution in [0.15, 0.2) is 47.1 Å². The van der Waals surface area contributed by atoms with Gasteiger partial charge in [-0.3, -0.25) is 0 Å². The quantitative estimate of drug-likeness (QED) is 0.911. The first-order chi connectivity index (χ1) is 10.8. The van der Waals surface area contributed by atoms with Gasteiger partial charge in [0.1, 0.15) is 5.76 Å². The molecule has 0 radical (unpaired) electrons. The van der Waals surface area contributed by atoms with Gasteiger partial charge in [0.05, 0.1) is 32.1 Å². The Bertz CT molecular complexity index is 627. The topological polar surface area (TPSA) is 74.9 Å². The van der Waals surface area contributed by atoms with Crippen molar-refractivity contribution in [1.29, 1.82) is 0 Å². The predicted molar refractivity (Wildman–Crippen MR) is 81.6 cm³/mol. The number of anilines is 1. The number of rotatable bonds is 3. The first kappa shape index (κ1) is 14.6. The summed E-state index contributed by atoms with van der Waals surface area (Å²) in [5.41, 5.74) is 1.57. The van der Waals surface area contributed by atoms with Crippen LogP contribution in [0.1, 0.15) is 0 Å². The fourth-order valence-electron chi connectivity index (χ4n) is 2.46. The van der Waals surface area contributed by atoms with Crippen LogP contribution < -0.4 is 5.32 Å². The molecule has 1 fully saturated rings. The van der Waals surface area contributed by atoms with Gasteiger partial charge in [0.15, 0.2) is 0 Å². The predicted octanol–water partition coefficient (Wildman–Crippen LogP) is 2.17. The summed E-state index contributed by atoms with van der Waals surface area (Å²) in [6.45, 7) is 1.20. The van der Waals surface area contributed by atoms with Gasteiger partial charge in [-0.05, 0) is 24.3 Å². The van der Waals surface area contributed by atoms with E-state index in [0.29, 0.717) is 25.4 Å². The number of aliphatic hydroxyl groups is 1. The number of aliphatic hydroxyl groups excluding tert-OH is 1. The van der Waals surface area contributed by atoms with Crippen LogP contribution in [0, 0.1) is 0 Å². The highest BCUT2D eigenvalue weighted by Gasteiger charge is 2.26. The maximum atomic E-state index is 12.4. The molecule has 22 heavy (non-hydrogen) atoms. The summed E-state index contributed by atoms with van der Waals surface area (Å²) in [6, 6.07) is 10.6. The molecule has 1 saturated heterocycles. The Balaban J connectivity index is 1.72. The van der Waals surface area contributed by atoms with Gasteiger partial charge in [-0.15, -0.1) is 0 Å². The van der Waals surface area contributed by atoms with Crippen molar-refractivity contribution in [3.05, 3.63) is 42.7 Å². The third-order valence-electron chi connectivity index (χ3n) is 3.62. The van der Waals surface area contributed by atoms with Gasteiger partial charge in [-0.2, -0.15) is 0 Å². The number of amides is 2. The number of benzene rings is 1. The van der Waals surface area contributed by atoms with Crippen LogP contribution in [0.3, 0.4) is 0 Å². The fraction of sp³-hybridized carbons (Fsp3) is 0.312. The fourth-order valence-corrected chi connectivity index (χ4v) is 2.46. The minimum Gasteiger partial charge on any atom is -0.464 e. The first-order valence-electron chi connectivity index (χ1n) is 7.18. The van der Waals surface area contributed by atoms with E-state index in [9.17, 15) is 9.90 Å². The van der Waals surface area contributed by atoms with Crippen LogP contribution in [-0.4, -0.2) is 48.4 Å². The molecule has 6 heteroatoms. The zero-order valence-electron chi connectivity index (χ0n) is 12.1. The number of carbonyl (C=O) groups is 1. The van der Waals surface area contributed by atoms with Crippen molar-refractivity contribution in [1.82, 2.24) is 4.90 Å². The zero-order valence-corrected chi connectivity index (χ0v) is 12.1. The number of hydrogen-bond acceptors (Lipinski definition) is 4. The van der Waals surface area contributed by atoms with Gasteiger partial charge in [-0.25, -0.2) is 4.79 Å². The highest BCUT2D eigenvalue weighted by Crippen LogP contribution is 2.23. The van der Waals surface area contributed by atoms with Crippen molar-refractivity contribution in [2.24, 2.45) is 0 Å². The van der Waals surface area contributed by atoms with Gasteiger partial charge in [0, 0.05) is 17.8 Å². The molecular weight excluding hydrogens is 284 g/mol. The second-order valence-electron chi connectivity index (χ2n) is 5.09. The summed E-state index contributed by atoms with van der Waals surface area (Å²) >= 11 is 0. The lowest BCUT2D eigenvalue weighted by atomic mass is 10.1. The lowest BCUT2D eigenvalue weighted by Gasteiger charge is -2.34. The lowest BCUT2D eigenvalue weighted by Crippen LogP contribution is -2.52. The molecule has 0 unspecified atom stereocenters. The molecule has 1 aliphatic heterocycles. The van der Waals surface area contributed by atoms with E-state index in [1.165, 1.54) is 0 Å². The van der Waals surface area contributed by atoms with E-state index in [-0.39, 0.29) is 18.7 Å². The average Bonchev–Trinajstić information content (AvgIpc) is 3.09. The molecule has 2 amide bonds. The number of hydrogen-bond donors (Lipinski definition) is 2.